The Bertz CT molecular complexity index is 804. The summed E-state index contributed by atoms with van der Waals surface area (Å²) in [6, 6.07) is 13.3. The van der Waals surface area contributed by atoms with Crippen LogP contribution in [0.5, 0.6) is 11.5 Å². The molecule has 0 radical (unpaired) electrons. The number of aliphatic carboxylic acids is 1. The number of ether oxygens (including phenoxy) is 1. The zero-order valence-corrected chi connectivity index (χ0v) is 13.8. The van der Waals surface area contributed by atoms with Crippen molar-refractivity contribution < 1.29 is 24.5 Å². The molecule has 0 aromatic heterocycles. The molecule has 6 nitrogen and oxygen atoms in total. The van der Waals surface area contributed by atoms with Gasteiger partial charge in [0.1, 0.15) is 11.5 Å². The molecule has 6 heteroatoms. The molecule has 25 heavy (non-hydrogen) atoms. The van der Waals surface area contributed by atoms with Gasteiger partial charge in [0, 0.05) is 24.6 Å². The van der Waals surface area contributed by atoms with Gasteiger partial charge in [0.05, 0.1) is 13.0 Å². The number of phenols is 1. The van der Waals surface area contributed by atoms with Crippen LogP contribution in [-0.2, 0) is 4.79 Å². The molecule has 2 aromatic rings. The first-order chi connectivity index (χ1) is 12.0. The highest BCUT2D eigenvalue weighted by Crippen LogP contribution is 2.38. The fourth-order valence-corrected chi connectivity index (χ4v) is 3.33. The maximum atomic E-state index is 12.7. The van der Waals surface area contributed by atoms with Crippen LogP contribution in [0.2, 0.25) is 0 Å². The Hall–Kier alpha value is -3.02. The van der Waals surface area contributed by atoms with Gasteiger partial charge in [0.15, 0.2) is 0 Å². The molecule has 1 fully saturated rings. The summed E-state index contributed by atoms with van der Waals surface area (Å²) in [6.45, 7) is 0.401. The summed E-state index contributed by atoms with van der Waals surface area (Å²) >= 11 is 0. The van der Waals surface area contributed by atoms with Crippen molar-refractivity contribution in [2.75, 3.05) is 20.2 Å². The van der Waals surface area contributed by atoms with Crippen molar-refractivity contribution in [3.63, 3.8) is 0 Å². The Kier molecular flexibility index (Phi) is 4.61. The largest absolute Gasteiger partial charge is 0.508 e. The third kappa shape index (κ3) is 3.28. The number of methoxy groups -OCH3 is 1. The molecule has 3 rings (SSSR count). The highest BCUT2D eigenvalue weighted by Gasteiger charge is 2.41. The molecule has 0 saturated carbocycles. The van der Waals surface area contributed by atoms with E-state index in [-0.39, 0.29) is 30.7 Å². The number of para-hydroxylation sites is 1. The minimum Gasteiger partial charge on any atom is -0.508 e. The molecule has 1 aliphatic heterocycles. The van der Waals surface area contributed by atoms with Gasteiger partial charge in [-0.2, -0.15) is 0 Å². The average molecular weight is 341 g/mol. The van der Waals surface area contributed by atoms with Crippen LogP contribution in [0, 0.1) is 5.92 Å². The third-order valence-electron chi connectivity index (χ3n) is 4.56. The van der Waals surface area contributed by atoms with E-state index in [2.05, 4.69) is 0 Å². The second-order valence-electron chi connectivity index (χ2n) is 6.05. The Morgan fingerprint density at radius 1 is 1.12 bits per heavy atom. The SMILES string of the molecule is COc1ccccc1[C@@H]1CN(C(=O)c2cccc(O)c2)C[C@H]1C(=O)O. The lowest BCUT2D eigenvalue weighted by atomic mass is 9.88. The molecular formula is C19H19NO5. The van der Waals surface area contributed by atoms with E-state index < -0.39 is 11.9 Å². The van der Waals surface area contributed by atoms with Crippen LogP contribution in [0.1, 0.15) is 21.8 Å². The highest BCUT2D eigenvalue weighted by molar-refractivity contribution is 5.95. The Balaban J connectivity index is 1.90. The maximum Gasteiger partial charge on any atom is 0.308 e. The van der Waals surface area contributed by atoms with Gasteiger partial charge >= 0.3 is 5.97 Å². The number of carboxylic acids is 1. The minimum atomic E-state index is -0.942. The first kappa shape index (κ1) is 16.8. The Morgan fingerprint density at radius 3 is 2.56 bits per heavy atom. The monoisotopic (exact) mass is 341 g/mol. The first-order valence-electron chi connectivity index (χ1n) is 7.95. The number of carboxylic acid groups (broad SMARTS) is 1. The van der Waals surface area contributed by atoms with Crippen molar-refractivity contribution in [3.05, 3.63) is 59.7 Å². The van der Waals surface area contributed by atoms with Gasteiger partial charge in [-0.3, -0.25) is 9.59 Å². The van der Waals surface area contributed by atoms with Crippen molar-refractivity contribution in [3.8, 4) is 11.5 Å². The van der Waals surface area contributed by atoms with Crippen LogP contribution in [-0.4, -0.2) is 47.2 Å². The number of aromatic hydroxyl groups is 1. The fourth-order valence-electron chi connectivity index (χ4n) is 3.33. The molecule has 0 unspecified atom stereocenters. The van der Waals surface area contributed by atoms with E-state index in [9.17, 15) is 19.8 Å². The molecule has 2 N–H and O–H groups in total. The van der Waals surface area contributed by atoms with Crippen LogP contribution in [0.4, 0.5) is 0 Å². The van der Waals surface area contributed by atoms with E-state index in [1.165, 1.54) is 17.0 Å². The quantitative estimate of drug-likeness (QED) is 0.891. The maximum absolute atomic E-state index is 12.7. The van der Waals surface area contributed by atoms with Crippen LogP contribution in [0.3, 0.4) is 0 Å². The third-order valence-corrected chi connectivity index (χ3v) is 4.56. The number of hydrogen-bond acceptors (Lipinski definition) is 4. The summed E-state index contributed by atoms with van der Waals surface area (Å²) < 4.78 is 5.35. The van der Waals surface area contributed by atoms with E-state index >= 15 is 0 Å². The molecule has 0 aliphatic carbocycles. The molecular weight excluding hydrogens is 322 g/mol. The summed E-state index contributed by atoms with van der Waals surface area (Å²) in [6.07, 6.45) is 0. The molecule has 1 amide bonds. The Labute approximate surface area is 145 Å². The second kappa shape index (κ2) is 6.84. The first-order valence-corrected chi connectivity index (χ1v) is 7.95. The van der Waals surface area contributed by atoms with Gasteiger partial charge in [-0.25, -0.2) is 0 Å². The molecule has 1 heterocycles. The number of rotatable bonds is 4. The smallest absolute Gasteiger partial charge is 0.308 e. The molecule has 0 spiro atoms. The van der Waals surface area contributed by atoms with Gasteiger partial charge in [-0.05, 0) is 29.8 Å². The number of likely N-dealkylation sites (tertiary alicyclic amines) is 1. The van der Waals surface area contributed by atoms with Crippen LogP contribution in [0.25, 0.3) is 0 Å². The normalized spacial score (nSPS) is 19.6. The molecule has 2 aromatic carbocycles. The molecule has 1 saturated heterocycles. The minimum absolute atomic E-state index is 0.00103. The fraction of sp³-hybridized carbons (Fsp3) is 0.263. The number of amides is 1. The predicted octanol–water partition coefficient (Wildman–Crippen LogP) is 2.34. The number of carbonyl (C=O) groups is 2. The number of benzene rings is 2. The lowest BCUT2D eigenvalue weighted by Crippen LogP contribution is -2.29. The van der Waals surface area contributed by atoms with Gasteiger partial charge < -0.3 is 19.8 Å². The topological polar surface area (TPSA) is 87.1 Å². The van der Waals surface area contributed by atoms with E-state index in [1.807, 2.05) is 18.2 Å². The van der Waals surface area contributed by atoms with Crippen LogP contribution in [0.15, 0.2) is 48.5 Å². The van der Waals surface area contributed by atoms with Crippen molar-refractivity contribution in [1.82, 2.24) is 4.90 Å². The lowest BCUT2D eigenvalue weighted by Gasteiger charge is -2.18. The van der Waals surface area contributed by atoms with Crippen molar-refractivity contribution >= 4 is 11.9 Å². The van der Waals surface area contributed by atoms with Crippen LogP contribution < -0.4 is 4.74 Å². The highest BCUT2D eigenvalue weighted by atomic mass is 16.5. The van der Waals surface area contributed by atoms with Crippen LogP contribution >= 0.6 is 0 Å². The van der Waals surface area contributed by atoms with Crippen molar-refractivity contribution in [1.29, 1.82) is 0 Å². The molecule has 1 aliphatic rings. The summed E-state index contributed by atoms with van der Waals surface area (Å²) in [4.78, 5) is 25.9. The summed E-state index contributed by atoms with van der Waals surface area (Å²) in [7, 11) is 1.54. The number of hydrogen-bond donors (Lipinski definition) is 2. The Morgan fingerprint density at radius 2 is 1.88 bits per heavy atom. The van der Waals surface area contributed by atoms with Crippen molar-refractivity contribution in [2.45, 2.75) is 5.92 Å². The average Bonchev–Trinajstić information content (AvgIpc) is 3.06. The number of nitrogens with zero attached hydrogens (tertiary/aromatic N) is 1. The standard InChI is InChI=1S/C19H19NO5/c1-25-17-8-3-2-7-14(17)15-10-20(11-16(15)19(23)24)18(22)12-5-4-6-13(21)9-12/h2-9,15-16,21H,10-11H2,1H3,(H,23,24)/t15-,16+/m0/s1. The number of phenolic OH excluding ortho intramolecular Hbond substituents is 1. The summed E-state index contributed by atoms with van der Waals surface area (Å²) in [5, 5.41) is 19.2. The second-order valence-corrected chi connectivity index (χ2v) is 6.05. The predicted molar refractivity (Wildman–Crippen MR) is 90.9 cm³/mol. The van der Waals surface area contributed by atoms with Gasteiger partial charge in [-0.1, -0.05) is 24.3 Å². The van der Waals surface area contributed by atoms with Gasteiger partial charge in [0.25, 0.3) is 5.91 Å². The molecule has 130 valence electrons. The van der Waals surface area contributed by atoms with E-state index in [0.29, 0.717) is 11.3 Å². The van der Waals surface area contributed by atoms with Gasteiger partial charge in [-0.15, -0.1) is 0 Å². The summed E-state index contributed by atoms with van der Waals surface area (Å²) in [5.41, 5.74) is 1.12. The van der Waals surface area contributed by atoms with Gasteiger partial charge in [0.2, 0.25) is 0 Å². The number of carbonyl (C=O) groups excluding carboxylic acids is 1. The lowest BCUT2D eigenvalue weighted by molar-refractivity contribution is -0.141. The van der Waals surface area contributed by atoms with Crippen molar-refractivity contribution in [2.24, 2.45) is 5.92 Å². The summed E-state index contributed by atoms with van der Waals surface area (Å²) in [5.74, 6) is -1.68. The van der Waals surface area contributed by atoms with E-state index in [0.717, 1.165) is 5.56 Å². The zero-order valence-electron chi connectivity index (χ0n) is 13.8. The zero-order chi connectivity index (χ0) is 18.0. The molecule has 2 atom stereocenters. The van der Waals surface area contributed by atoms with E-state index in [4.69, 9.17) is 4.74 Å². The molecule has 0 bridgehead atoms. The van der Waals surface area contributed by atoms with E-state index in [1.54, 1.807) is 25.3 Å².